The van der Waals surface area contributed by atoms with Crippen LogP contribution in [0.1, 0.15) is 54.1 Å². The fourth-order valence-corrected chi connectivity index (χ4v) is 4.41. The van der Waals surface area contributed by atoms with Gasteiger partial charge in [0.25, 0.3) is 5.91 Å². The van der Waals surface area contributed by atoms with Crippen molar-refractivity contribution in [3.8, 4) is 11.3 Å². The average molecular weight is 488 g/mol. The van der Waals surface area contributed by atoms with Gasteiger partial charge in [0.1, 0.15) is 0 Å². The first-order valence-corrected chi connectivity index (χ1v) is 12.4. The highest BCUT2D eigenvalue weighted by Crippen LogP contribution is 2.27. The smallest absolute Gasteiger partial charge is 0.255 e. The quantitative estimate of drug-likeness (QED) is 0.418. The van der Waals surface area contributed by atoms with Crippen molar-refractivity contribution in [3.05, 3.63) is 71.9 Å². The number of benzene rings is 2. The van der Waals surface area contributed by atoms with Crippen molar-refractivity contribution in [1.82, 2.24) is 15.3 Å². The van der Waals surface area contributed by atoms with Crippen LogP contribution in [0.2, 0.25) is 0 Å². The van der Waals surface area contributed by atoms with Crippen LogP contribution < -0.4 is 15.5 Å². The number of nitrogens with one attached hydrogen (secondary N) is 2. The molecule has 3 N–H and O–H groups in total. The molecule has 1 atom stereocenters. The molecule has 2 amide bonds. The number of hydrogen-bond donors (Lipinski definition) is 3. The van der Waals surface area contributed by atoms with Gasteiger partial charge < -0.3 is 20.6 Å². The molecule has 8 heteroatoms. The van der Waals surface area contributed by atoms with E-state index in [9.17, 15) is 14.7 Å². The van der Waals surface area contributed by atoms with Crippen molar-refractivity contribution in [2.45, 2.75) is 38.2 Å². The largest absolute Gasteiger partial charge is 0.388 e. The number of amides is 2. The second-order valence-electron chi connectivity index (χ2n) is 9.35. The summed E-state index contributed by atoms with van der Waals surface area (Å²) in [6, 6.07) is 16.8. The maximum absolute atomic E-state index is 13.0. The summed E-state index contributed by atoms with van der Waals surface area (Å²) in [5.74, 6) is 0.332. The van der Waals surface area contributed by atoms with Gasteiger partial charge in [-0.05, 0) is 37.0 Å². The number of carbonyl (C=O) groups is 2. The second-order valence-corrected chi connectivity index (χ2v) is 9.35. The van der Waals surface area contributed by atoms with Gasteiger partial charge >= 0.3 is 0 Å². The summed E-state index contributed by atoms with van der Waals surface area (Å²) in [4.78, 5) is 36.1. The average Bonchev–Trinajstić information content (AvgIpc) is 3.44. The van der Waals surface area contributed by atoms with Crippen LogP contribution in [0.5, 0.6) is 0 Å². The van der Waals surface area contributed by atoms with E-state index in [4.69, 9.17) is 0 Å². The lowest BCUT2D eigenvalue weighted by Gasteiger charge is -2.16. The van der Waals surface area contributed by atoms with Gasteiger partial charge in [-0.15, -0.1) is 0 Å². The molecule has 0 spiro atoms. The van der Waals surface area contributed by atoms with E-state index in [2.05, 4.69) is 20.6 Å². The van der Waals surface area contributed by atoms with Crippen molar-refractivity contribution in [2.24, 2.45) is 5.92 Å². The van der Waals surface area contributed by atoms with Crippen molar-refractivity contribution >= 4 is 23.5 Å². The molecule has 1 aromatic heterocycles. The SMILES string of the molecule is CN(C)c1ncc(C(=O)NCCC(O)c2cccc(NC(=O)C3CCCC3)c2)c(-c2ccccc2)n1. The third kappa shape index (κ3) is 6.26. The molecule has 0 aliphatic heterocycles. The maximum Gasteiger partial charge on any atom is 0.255 e. The number of aromatic nitrogens is 2. The Morgan fingerprint density at radius 3 is 2.56 bits per heavy atom. The Balaban J connectivity index is 1.38. The monoisotopic (exact) mass is 487 g/mol. The number of carbonyl (C=O) groups excluding carboxylic acids is 2. The molecule has 1 aliphatic rings. The Hall–Kier alpha value is -3.78. The van der Waals surface area contributed by atoms with Crippen LogP contribution in [-0.4, -0.2) is 47.5 Å². The third-order valence-corrected chi connectivity index (χ3v) is 6.44. The fraction of sp³-hybridized carbons (Fsp3) is 0.357. The molecule has 0 radical (unpaired) electrons. The van der Waals surface area contributed by atoms with Gasteiger partial charge in [0.15, 0.2) is 0 Å². The highest BCUT2D eigenvalue weighted by molar-refractivity contribution is 5.99. The molecule has 188 valence electrons. The lowest BCUT2D eigenvalue weighted by molar-refractivity contribution is -0.119. The molecular weight excluding hydrogens is 454 g/mol. The number of aliphatic hydroxyl groups excluding tert-OH is 1. The van der Waals surface area contributed by atoms with E-state index >= 15 is 0 Å². The van der Waals surface area contributed by atoms with Crippen LogP contribution in [-0.2, 0) is 4.79 Å². The van der Waals surface area contributed by atoms with E-state index in [1.807, 2.05) is 62.6 Å². The minimum Gasteiger partial charge on any atom is -0.388 e. The van der Waals surface area contributed by atoms with Crippen LogP contribution in [0, 0.1) is 5.92 Å². The first-order valence-electron chi connectivity index (χ1n) is 12.4. The van der Waals surface area contributed by atoms with E-state index in [0.717, 1.165) is 31.2 Å². The number of nitrogens with zero attached hydrogens (tertiary/aromatic N) is 3. The Labute approximate surface area is 211 Å². The molecule has 1 aliphatic carbocycles. The number of rotatable bonds is 9. The van der Waals surface area contributed by atoms with E-state index < -0.39 is 6.10 Å². The minimum atomic E-state index is -0.783. The summed E-state index contributed by atoms with van der Waals surface area (Å²) in [5, 5.41) is 16.6. The predicted molar refractivity (Wildman–Crippen MR) is 141 cm³/mol. The normalized spacial score (nSPS) is 14.3. The highest BCUT2D eigenvalue weighted by atomic mass is 16.3. The Morgan fingerprint density at radius 2 is 1.83 bits per heavy atom. The summed E-state index contributed by atoms with van der Waals surface area (Å²) >= 11 is 0. The molecule has 1 unspecified atom stereocenters. The van der Waals surface area contributed by atoms with Gasteiger partial charge in [-0.1, -0.05) is 55.3 Å². The molecule has 36 heavy (non-hydrogen) atoms. The van der Waals surface area contributed by atoms with Gasteiger partial charge in [0, 0.05) is 44.0 Å². The summed E-state index contributed by atoms with van der Waals surface area (Å²) in [5.41, 5.74) is 3.12. The van der Waals surface area contributed by atoms with Gasteiger partial charge in [-0.3, -0.25) is 9.59 Å². The van der Waals surface area contributed by atoms with Crippen molar-refractivity contribution in [2.75, 3.05) is 30.9 Å². The fourth-order valence-electron chi connectivity index (χ4n) is 4.41. The summed E-state index contributed by atoms with van der Waals surface area (Å²) in [7, 11) is 3.70. The summed E-state index contributed by atoms with van der Waals surface area (Å²) in [6.45, 7) is 0.266. The summed E-state index contributed by atoms with van der Waals surface area (Å²) in [6.07, 6.45) is 5.14. The molecule has 1 saturated carbocycles. The molecule has 8 nitrogen and oxygen atoms in total. The van der Waals surface area contributed by atoms with E-state index in [0.29, 0.717) is 34.9 Å². The predicted octanol–water partition coefficient (Wildman–Crippen LogP) is 4.19. The Bertz CT molecular complexity index is 1190. The minimum absolute atomic E-state index is 0.0446. The van der Waals surface area contributed by atoms with Crippen LogP contribution in [0.15, 0.2) is 60.8 Å². The van der Waals surface area contributed by atoms with E-state index in [-0.39, 0.29) is 24.3 Å². The van der Waals surface area contributed by atoms with E-state index in [1.165, 1.54) is 6.20 Å². The first kappa shape index (κ1) is 25.3. The van der Waals surface area contributed by atoms with Gasteiger partial charge in [-0.25, -0.2) is 9.97 Å². The zero-order chi connectivity index (χ0) is 25.5. The van der Waals surface area contributed by atoms with Crippen LogP contribution in [0.4, 0.5) is 11.6 Å². The molecule has 0 bridgehead atoms. The second kappa shape index (κ2) is 11.8. The molecular formula is C28H33N5O3. The van der Waals surface area contributed by atoms with Gasteiger partial charge in [0.05, 0.1) is 17.4 Å². The molecule has 0 saturated heterocycles. The maximum atomic E-state index is 13.0. The lowest BCUT2D eigenvalue weighted by Crippen LogP contribution is -2.27. The van der Waals surface area contributed by atoms with Gasteiger partial charge in [0.2, 0.25) is 11.9 Å². The zero-order valence-electron chi connectivity index (χ0n) is 20.8. The molecule has 1 fully saturated rings. The Kier molecular flexibility index (Phi) is 8.28. The molecule has 1 heterocycles. The van der Waals surface area contributed by atoms with Crippen molar-refractivity contribution in [3.63, 3.8) is 0 Å². The molecule has 2 aromatic carbocycles. The molecule has 4 rings (SSSR count). The highest BCUT2D eigenvalue weighted by Gasteiger charge is 2.23. The van der Waals surface area contributed by atoms with Crippen LogP contribution >= 0.6 is 0 Å². The topological polar surface area (TPSA) is 107 Å². The number of hydrogen-bond acceptors (Lipinski definition) is 6. The van der Waals surface area contributed by atoms with Gasteiger partial charge in [-0.2, -0.15) is 0 Å². The zero-order valence-corrected chi connectivity index (χ0v) is 20.8. The number of aliphatic hydroxyl groups is 1. The first-order chi connectivity index (χ1) is 17.4. The summed E-state index contributed by atoms with van der Waals surface area (Å²) < 4.78 is 0. The standard InChI is InChI=1S/C28H33N5O3/c1-33(2)28-30-18-23(25(32-28)19-9-4-3-5-10-19)27(36)29-16-15-24(34)21-13-8-14-22(17-21)31-26(35)20-11-6-7-12-20/h3-5,8-10,13-14,17-18,20,24,34H,6-7,11-12,15-16H2,1-2H3,(H,29,36)(H,31,35). The Morgan fingerprint density at radius 1 is 1.08 bits per heavy atom. The van der Waals surface area contributed by atoms with E-state index in [1.54, 1.807) is 11.0 Å². The third-order valence-electron chi connectivity index (χ3n) is 6.44. The molecule has 3 aromatic rings. The lowest BCUT2D eigenvalue weighted by atomic mass is 10.0. The van der Waals surface area contributed by atoms with Crippen LogP contribution in [0.25, 0.3) is 11.3 Å². The number of anilines is 2. The van der Waals surface area contributed by atoms with Crippen LogP contribution in [0.3, 0.4) is 0 Å². The van der Waals surface area contributed by atoms with Crippen molar-refractivity contribution < 1.29 is 14.7 Å². The van der Waals surface area contributed by atoms with Crippen molar-refractivity contribution in [1.29, 1.82) is 0 Å².